The molecule has 7 heteroatoms. The van der Waals surface area contributed by atoms with Gasteiger partial charge in [-0.1, -0.05) is 29.8 Å². The van der Waals surface area contributed by atoms with Gasteiger partial charge in [0.2, 0.25) is 5.88 Å². The Hall–Kier alpha value is -3.76. The van der Waals surface area contributed by atoms with Crippen LogP contribution in [-0.2, 0) is 21.1 Å². The van der Waals surface area contributed by atoms with Gasteiger partial charge in [0.15, 0.2) is 0 Å². The van der Waals surface area contributed by atoms with Gasteiger partial charge in [0.25, 0.3) is 0 Å². The van der Waals surface area contributed by atoms with Crippen molar-refractivity contribution in [3.63, 3.8) is 0 Å². The third-order valence-corrected chi connectivity index (χ3v) is 5.61. The second-order valence-corrected chi connectivity index (χ2v) is 8.04. The van der Waals surface area contributed by atoms with Gasteiger partial charge in [-0.05, 0) is 55.1 Å². The number of aromatic nitrogens is 4. The number of ether oxygens (including phenoxy) is 1. The van der Waals surface area contributed by atoms with E-state index < -0.39 is 0 Å². The molecule has 0 saturated heterocycles. The Bertz CT molecular complexity index is 1670. The Morgan fingerprint density at radius 1 is 0.912 bits per heavy atom. The molecule has 0 aliphatic heterocycles. The summed E-state index contributed by atoms with van der Waals surface area (Å²) in [6.07, 6.45) is 1.54. The van der Waals surface area contributed by atoms with Gasteiger partial charge in [-0.15, -0.1) is 17.5 Å². The minimum absolute atomic E-state index is 0. The quantitative estimate of drug-likeness (QED) is 0.243. The molecule has 0 radical (unpaired) electrons. The second kappa shape index (κ2) is 8.54. The molecular formula is C27H19N4O2Pt-. The SMILES string of the molecule is Cc1cc(C)nc(-n2c3[c-]c(Oc4cnc5cccc(O)c5n4)ccc3c3ccccc32)c1.[Pt]. The summed E-state index contributed by atoms with van der Waals surface area (Å²) in [4.78, 5) is 13.6. The smallest absolute Gasteiger partial charge is 0.236 e. The van der Waals surface area contributed by atoms with Crippen LogP contribution in [0, 0.1) is 19.9 Å². The van der Waals surface area contributed by atoms with Gasteiger partial charge in [-0.25, -0.2) is 15.0 Å². The number of benzene rings is 3. The molecule has 6 rings (SSSR count). The van der Waals surface area contributed by atoms with E-state index in [1.807, 2.05) is 31.2 Å². The Balaban J connectivity index is 0.00000241. The molecule has 0 spiro atoms. The van der Waals surface area contributed by atoms with Crippen molar-refractivity contribution in [1.29, 1.82) is 0 Å². The topological polar surface area (TPSA) is 73.1 Å². The molecule has 3 aromatic heterocycles. The standard InChI is InChI=1S/C27H19N4O2.Pt/c1-16-12-17(2)29-25(13-16)31-22-8-4-3-6-19(22)20-11-10-18(14-23(20)31)33-26-15-28-21-7-5-9-24(32)27(21)30-26;/h3-13,15,32H,1-2H3;/q-1;. The molecule has 3 aromatic carbocycles. The summed E-state index contributed by atoms with van der Waals surface area (Å²) in [6.45, 7) is 4.06. The van der Waals surface area contributed by atoms with Gasteiger partial charge in [0, 0.05) is 38.0 Å². The summed E-state index contributed by atoms with van der Waals surface area (Å²) in [5, 5.41) is 12.3. The van der Waals surface area contributed by atoms with Crippen LogP contribution in [0.3, 0.4) is 0 Å². The van der Waals surface area contributed by atoms with E-state index in [0.717, 1.165) is 38.9 Å². The Labute approximate surface area is 210 Å². The number of nitrogens with zero attached hydrogens (tertiary/aromatic N) is 4. The average molecular weight is 627 g/mol. The fourth-order valence-electron chi connectivity index (χ4n) is 4.27. The number of fused-ring (bicyclic) bond motifs is 4. The monoisotopic (exact) mass is 626 g/mol. The van der Waals surface area contributed by atoms with Crippen LogP contribution in [0.1, 0.15) is 11.3 Å². The summed E-state index contributed by atoms with van der Waals surface area (Å²) in [7, 11) is 0. The molecule has 6 aromatic rings. The van der Waals surface area contributed by atoms with Crippen LogP contribution in [-0.4, -0.2) is 24.6 Å². The number of aromatic hydroxyl groups is 1. The first-order valence-electron chi connectivity index (χ1n) is 10.6. The van der Waals surface area contributed by atoms with Crippen molar-refractivity contribution in [1.82, 2.24) is 19.5 Å². The van der Waals surface area contributed by atoms with E-state index in [9.17, 15) is 5.11 Å². The third-order valence-electron chi connectivity index (χ3n) is 5.61. The van der Waals surface area contributed by atoms with Crippen LogP contribution < -0.4 is 4.74 Å². The van der Waals surface area contributed by atoms with Crippen LogP contribution in [0.5, 0.6) is 17.4 Å². The summed E-state index contributed by atoms with van der Waals surface area (Å²) < 4.78 is 8.12. The number of hydrogen-bond donors (Lipinski definition) is 1. The third kappa shape index (κ3) is 3.70. The zero-order valence-corrected chi connectivity index (χ0v) is 20.7. The second-order valence-electron chi connectivity index (χ2n) is 8.04. The van der Waals surface area contributed by atoms with Crippen LogP contribution in [0.2, 0.25) is 0 Å². The van der Waals surface area contributed by atoms with Gasteiger partial charge < -0.3 is 14.4 Å². The maximum Gasteiger partial charge on any atom is 0.236 e. The minimum Gasteiger partial charge on any atom is -0.506 e. The molecule has 1 N–H and O–H groups in total. The fraction of sp³-hybridized carbons (Fsp3) is 0.0741. The van der Waals surface area contributed by atoms with Crippen molar-refractivity contribution in [3.8, 4) is 23.2 Å². The number of hydrogen-bond acceptors (Lipinski definition) is 5. The maximum atomic E-state index is 10.1. The summed E-state index contributed by atoms with van der Waals surface area (Å²) in [6, 6.07) is 24.8. The number of para-hydroxylation sites is 2. The number of phenolic OH excluding ortho intramolecular Hbond substituents is 1. The van der Waals surface area contributed by atoms with Crippen molar-refractivity contribution in [2.45, 2.75) is 13.8 Å². The van der Waals surface area contributed by atoms with Crippen LogP contribution in [0.4, 0.5) is 0 Å². The maximum absolute atomic E-state index is 10.1. The summed E-state index contributed by atoms with van der Waals surface area (Å²) in [5.74, 6) is 1.68. The molecule has 3 heterocycles. The molecule has 0 amide bonds. The van der Waals surface area contributed by atoms with Crippen molar-refractivity contribution in [2.75, 3.05) is 0 Å². The molecule has 0 bridgehead atoms. The van der Waals surface area contributed by atoms with Crippen molar-refractivity contribution >= 4 is 32.8 Å². The first kappa shape index (κ1) is 22.1. The number of aryl methyl sites for hydroxylation is 2. The number of rotatable bonds is 3. The van der Waals surface area contributed by atoms with E-state index in [-0.39, 0.29) is 32.7 Å². The molecule has 6 nitrogen and oxygen atoms in total. The molecule has 0 fully saturated rings. The Morgan fingerprint density at radius 3 is 2.62 bits per heavy atom. The summed E-state index contributed by atoms with van der Waals surface area (Å²) in [5.41, 5.74) is 5.00. The van der Waals surface area contributed by atoms with E-state index in [2.05, 4.69) is 51.8 Å². The van der Waals surface area contributed by atoms with E-state index in [4.69, 9.17) is 9.72 Å². The first-order valence-corrected chi connectivity index (χ1v) is 10.6. The van der Waals surface area contributed by atoms with Crippen LogP contribution >= 0.6 is 0 Å². The van der Waals surface area contributed by atoms with Crippen molar-refractivity contribution < 1.29 is 30.9 Å². The zero-order chi connectivity index (χ0) is 22.5. The van der Waals surface area contributed by atoms with E-state index in [1.165, 1.54) is 0 Å². The van der Waals surface area contributed by atoms with Gasteiger partial charge in [0.1, 0.15) is 17.1 Å². The molecule has 0 aliphatic carbocycles. The Kier molecular flexibility index (Phi) is 5.54. The Morgan fingerprint density at radius 2 is 1.76 bits per heavy atom. The van der Waals surface area contributed by atoms with Crippen LogP contribution in [0.25, 0.3) is 38.7 Å². The molecular weight excluding hydrogens is 607 g/mol. The first-order chi connectivity index (χ1) is 16.1. The van der Waals surface area contributed by atoms with Crippen molar-refractivity contribution in [3.05, 3.63) is 90.3 Å². The molecule has 170 valence electrons. The predicted octanol–water partition coefficient (Wildman–Crippen LogP) is 6.03. The van der Waals surface area contributed by atoms with Gasteiger partial charge in [-0.2, -0.15) is 6.07 Å². The summed E-state index contributed by atoms with van der Waals surface area (Å²) >= 11 is 0. The van der Waals surface area contributed by atoms with E-state index in [1.54, 1.807) is 24.4 Å². The van der Waals surface area contributed by atoms with Gasteiger partial charge >= 0.3 is 0 Å². The fourth-order valence-corrected chi connectivity index (χ4v) is 4.27. The van der Waals surface area contributed by atoms with Crippen LogP contribution in [0.15, 0.2) is 72.9 Å². The van der Waals surface area contributed by atoms with E-state index >= 15 is 0 Å². The predicted molar refractivity (Wildman–Crippen MR) is 128 cm³/mol. The molecule has 0 saturated carbocycles. The number of phenols is 1. The molecule has 0 aliphatic rings. The number of pyridine rings is 1. The zero-order valence-electron chi connectivity index (χ0n) is 18.4. The molecule has 0 atom stereocenters. The normalized spacial score (nSPS) is 11.1. The van der Waals surface area contributed by atoms with Crippen molar-refractivity contribution in [2.24, 2.45) is 0 Å². The van der Waals surface area contributed by atoms with Gasteiger partial charge in [0.05, 0.1) is 11.7 Å². The average Bonchev–Trinajstić information content (AvgIpc) is 3.13. The minimum atomic E-state index is 0. The largest absolute Gasteiger partial charge is 0.506 e. The van der Waals surface area contributed by atoms with Gasteiger partial charge in [-0.3, -0.25) is 0 Å². The van der Waals surface area contributed by atoms with E-state index in [0.29, 0.717) is 16.8 Å². The molecule has 34 heavy (non-hydrogen) atoms. The molecule has 0 unspecified atom stereocenters.